The third-order valence-corrected chi connectivity index (χ3v) is 2.89. The normalized spacial score (nSPS) is 11.0. The molecule has 0 aliphatic carbocycles. The van der Waals surface area contributed by atoms with Crippen molar-refractivity contribution in [3.63, 3.8) is 0 Å². The van der Waals surface area contributed by atoms with Crippen LogP contribution in [0.1, 0.15) is 13.8 Å². The van der Waals surface area contributed by atoms with Crippen molar-refractivity contribution in [2.75, 3.05) is 4.90 Å². The summed E-state index contributed by atoms with van der Waals surface area (Å²) in [5.41, 5.74) is 1.45. The predicted octanol–water partition coefficient (Wildman–Crippen LogP) is 3.80. The van der Waals surface area contributed by atoms with E-state index in [0.29, 0.717) is 0 Å². The summed E-state index contributed by atoms with van der Waals surface area (Å²) in [5, 5.41) is 0. The Bertz CT molecular complexity index is 466. The zero-order valence-corrected chi connectivity index (χ0v) is 10.7. The molecular formula is C16H17NO. The lowest BCUT2D eigenvalue weighted by Gasteiger charge is -2.36. The SMILES string of the molecule is CC(C)(C=O)N(c1ccccc1)c1ccccc1. The molecule has 0 bridgehead atoms. The van der Waals surface area contributed by atoms with E-state index in [0.717, 1.165) is 17.7 Å². The highest BCUT2D eigenvalue weighted by atomic mass is 16.1. The number of carbonyl (C=O) groups excluding carboxylic acids is 1. The molecule has 0 atom stereocenters. The van der Waals surface area contributed by atoms with E-state index >= 15 is 0 Å². The molecule has 0 aliphatic heterocycles. The van der Waals surface area contributed by atoms with E-state index in [-0.39, 0.29) is 0 Å². The van der Waals surface area contributed by atoms with Gasteiger partial charge in [0.05, 0.1) is 5.54 Å². The van der Waals surface area contributed by atoms with Crippen molar-refractivity contribution >= 4 is 17.7 Å². The molecule has 18 heavy (non-hydrogen) atoms. The summed E-state index contributed by atoms with van der Waals surface area (Å²) in [5.74, 6) is 0. The van der Waals surface area contributed by atoms with Crippen molar-refractivity contribution in [1.29, 1.82) is 0 Å². The van der Waals surface area contributed by atoms with E-state index < -0.39 is 5.54 Å². The fraction of sp³-hybridized carbons (Fsp3) is 0.188. The summed E-state index contributed by atoms with van der Waals surface area (Å²) in [7, 11) is 0. The van der Waals surface area contributed by atoms with Crippen LogP contribution in [-0.4, -0.2) is 11.8 Å². The van der Waals surface area contributed by atoms with Crippen molar-refractivity contribution in [2.24, 2.45) is 0 Å². The van der Waals surface area contributed by atoms with Gasteiger partial charge in [0.1, 0.15) is 6.29 Å². The average molecular weight is 239 g/mol. The van der Waals surface area contributed by atoms with Crippen LogP contribution in [0.3, 0.4) is 0 Å². The molecule has 0 heterocycles. The van der Waals surface area contributed by atoms with Gasteiger partial charge in [-0.05, 0) is 38.1 Å². The van der Waals surface area contributed by atoms with Crippen molar-refractivity contribution < 1.29 is 4.79 Å². The third-order valence-electron chi connectivity index (χ3n) is 2.89. The van der Waals surface area contributed by atoms with Gasteiger partial charge in [-0.2, -0.15) is 0 Å². The molecule has 2 heteroatoms. The molecule has 2 nitrogen and oxygen atoms in total. The molecule has 0 saturated heterocycles. The Morgan fingerprint density at radius 3 is 1.56 bits per heavy atom. The summed E-state index contributed by atoms with van der Waals surface area (Å²) < 4.78 is 0. The van der Waals surface area contributed by atoms with Crippen molar-refractivity contribution in [2.45, 2.75) is 19.4 Å². The molecule has 0 radical (unpaired) electrons. The standard InChI is InChI=1S/C16H17NO/c1-16(2,13-18)17(14-9-5-3-6-10-14)15-11-7-4-8-12-15/h3-13H,1-2H3. The van der Waals surface area contributed by atoms with Crippen LogP contribution in [0.15, 0.2) is 60.7 Å². The Balaban J connectivity index is 2.52. The van der Waals surface area contributed by atoms with Gasteiger partial charge < -0.3 is 9.69 Å². The van der Waals surface area contributed by atoms with Gasteiger partial charge in [0.15, 0.2) is 0 Å². The molecule has 0 aromatic heterocycles. The number of hydrogen-bond acceptors (Lipinski definition) is 2. The first-order valence-corrected chi connectivity index (χ1v) is 6.02. The summed E-state index contributed by atoms with van der Waals surface area (Å²) in [6.07, 6.45) is 0.979. The number of anilines is 2. The van der Waals surface area contributed by atoms with Gasteiger partial charge in [-0.25, -0.2) is 0 Å². The van der Waals surface area contributed by atoms with Crippen molar-refractivity contribution in [1.82, 2.24) is 0 Å². The van der Waals surface area contributed by atoms with Gasteiger partial charge in [0.2, 0.25) is 0 Å². The Labute approximate surface area is 108 Å². The third kappa shape index (κ3) is 2.43. The highest BCUT2D eigenvalue weighted by Crippen LogP contribution is 2.31. The second kappa shape index (κ2) is 5.05. The second-order valence-electron chi connectivity index (χ2n) is 4.78. The minimum atomic E-state index is -0.581. The van der Waals surface area contributed by atoms with Crippen LogP contribution in [0.25, 0.3) is 0 Å². The molecule has 0 amide bonds. The van der Waals surface area contributed by atoms with Crippen LogP contribution in [0, 0.1) is 0 Å². The highest BCUT2D eigenvalue weighted by Gasteiger charge is 2.27. The van der Waals surface area contributed by atoms with E-state index in [1.165, 1.54) is 0 Å². The first-order valence-electron chi connectivity index (χ1n) is 6.02. The molecule has 0 aliphatic rings. The maximum absolute atomic E-state index is 11.4. The first kappa shape index (κ1) is 12.4. The van der Waals surface area contributed by atoms with E-state index in [2.05, 4.69) is 0 Å². The van der Waals surface area contributed by atoms with E-state index in [4.69, 9.17) is 0 Å². The number of benzene rings is 2. The Kier molecular flexibility index (Phi) is 3.47. The lowest BCUT2D eigenvalue weighted by molar-refractivity contribution is -0.111. The van der Waals surface area contributed by atoms with Crippen LogP contribution in [0.5, 0.6) is 0 Å². The van der Waals surface area contributed by atoms with Gasteiger partial charge in [-0.1, -0.05) is 36.4 Å². The fourth-order valence-corrected chi connectivity index (χ4v) is 2.02. The Morgan fingerprint density at radius 1 is 0.833 bits per heavy atom. The average Bonchev–Trinajstić information content (AvgIpc) is 2.41. The molecule has 0 fully saturated rings. The lowest BCUT2D eigenvalue weighted by Crippen LogP contribution is -2.42. The maximum Gasteiger partial charge on any atom is 0.145 e. The first-order chi connectivity index (χ1) is 8.65. The molecular weight excluding hydrogens is 222 g/mol. The minimum Gasteiger partial charge on any atom is -0.329 e. The Hall–Kier alpha value is -2.09. The summed E-state index contributed by atoms with van der Waals surface area (Å²) in [6.45, 7) is 3.83. The van der Waals surface area contributed by atoms with Gasteiger partial charge >= 0.3 is 0 Å². The quantitative estimate of drug-likeness (QED) is 0.756. The summed E-state index contributed by atoms with van der Waals surface area (Å²) in [6, 6.07) is 19.9. The highest BCUT2D eigenvalue weighted by molar-refractivity contribution is 5.78. The second-order valence-corrected chi connectivity index (χ2v) is 4.78. The van der Waals surface area contributed by atoms with Gasteiger partial charge in [-0.15, -0.1) is 0 Å². The summed E-state index contributed by atoms with van der Waals surface area (Å²) >= 11 is 0. The topological polar surface area (TPSA) is 20.3 Å². The molecule has 92 valence electrons. The monoisotopic (exact) mass is 239 g/mol. The van der Waals surface area contributed by atoms with E-state index in [1.807, 2.05) is 79.4 Å². The molecule has 0 spiro atoms. The molecule has 2 aromatic carbocycles. The van der Waals surface area contributed by atoms with Crippen LogP contribution >= 0.6 is 0 Å². The zero-order valence-electron chi connectivity index (χ0n) is 10.7. The number of hydrogen-bond donors (Lipinski definition) is 0. The fourth-order valence-electron chi connectivity index (χ4n) is 2.02. The van der Waals surface area contributed by atoms with Gasteiger partial charge in [0.25, 0.3) is 0 Å². The van der Waals surface area contributed by atoms with Crippen LogP contribution in [0.4, 0.5) is 11.4 Å². The number of nitrogens with zero attached hydrogens (tertiary/aromatic N) is 1. The van der Waals surface area contributed by atoms with Crippen LogP contribution in [-0.2, 0) is 4.79 Å². The molecule has 2 rings (SSSR count). The predicted molar refractivity (Wildman–Crippen MR) is 75.2 cm³/mol. The smallest absolute Gasteiger partial charge is 0.145 e. The van der Waals surface area contributed by atoms with Crippen LogP contribution < -0.4 is 4.90 Å². The Morgan fingerprint density at radius 2 is 1.22 bits per heavy atom. The molecule has 0 unspecified atom stereocenters. The largest absolute Gasteiger partial charge is 0.329 e. The maximum atomic E-state index is 11.4. The summed E-state index contributed by atoms with van der Waals surface area (Å²) in [4.78, 5) is 13.4. The van der Waals surface area contributed by atoms with Crippen molar-refractivity contribution in [3.8, 4) is 0 Å². The molecule has 0 N–H and O–H groups in total. The van der Waals surface area contributed by atoms with E-state index in [9.17, 15) is 4.79 Å². The number of aldehydes is 1. The molecule has 2 aromatic rings. The lowest BCUT2D eigenvalue weighted by atomic mass is 10.0. The van der Waals surface area contributed by atoms with Crippen LogP contribution in [0.2, 0.25) is 0 Å². The van der Waals surface area contributed by atoms with Crippen molar-refractivity contribution in [3.05, 3.63) is 60.7 Å². The minimum absolute atomic E-state index is 0.581. The van der Waals surface area contributed by atoms with E-state index in [1.54, 1.807) is 0 Å². The van der Waals surface area contributed by atoms with Gasteiger partial charge in [-0.3, -0.25) is 0 Å². The number of carbonyl (C=O) groups is 1. The molecule has 0 saturated carbocycles. The number of para-hydroxylation sites is 2. The zero-order chi connectivity index (χ0) is 13.0. The van der Waals surface area contributed by atoms with Gasteiger partial charge in [0, 0.05) is 11.4 Å². The number of rotatable bonds is 4.